The molecule has 1 aromatic carbocycles. The van der Waals surface area contributed by atoms with Gasteiger partial charge in [0.15, 0.2) is 0 Å². The molecular formula is C11H12BrN3. The van der Waals surface area contributed by atoms with Crippen LogP contribution in [0.15, 0.2) is 22.7 Å². The molecule has 0 aliphatic heterocycles. The molecule has 0 radical (unpaired) electrons. The van der Waals surface area contributed by atoms with E-state index < -0.39 is 0 Å². The van der Waals surface area contributed by atoms with Gasteiger partial charge in [0.25, 0.3) is 0 Å². The van der Waals surface area contributed by atoms with E-state index in [1.165, 1.54) is 0 Å². The lowest BCUT2D eigenvalue weighted by atomic mass is 10.2. The van der Waals surface area contributed by atoms with E-state index in [1.54, 1.807) is 0 Å². The zero-order chi connectivity index (χ0) is 10.8. The SMILES string of the molecule is Cc1nc(CCN)nc2cc(Br)ccc12. The molecule has 78 valence electrons. The molecule has 0 bridgehead atoms. The number of nitrogens with zero attached hydrogens (tertiary/aromatic N) is 2. The van der Waals surface area contributed by atoms with Crippen molar-refractivity contribution in [2.24, 2.45) is 5.73 Å². The first-order valence-corrected chi connectivity index (χ1v) is 5.63. The number of hydrogen-bond donors (Lipinski definition) is 1. The number of benzene rings is 1. The third-order valence-electron chi connectivity index (χ3n) is 2.26. The minimum Gasteiger partial charge on any atom is -0.330 e. The first-order chi connectivity index (χ1) is 7.20. The molecule has 1 aromatic heterocycles. The maximum absolute atomic E-state index is 5.50. The number of fused-ring (bicyclic) bond motifs is 1. The normalized spacial score (nSPS) is 10.9. The van der Waals surface area contributed by atoms with Crippen molar-refractivity contribution in [2.45, 2.75) is 13.3 Å². The van der Waals surface area contributed by atoms with Crippen molar-refractivity contribution in [3.63, 3.8) is 0 Å². The highest BCUT2D eigenvalue weighted by atomic mass is 79.9. The van der Waals surface area contributed by atoms with Crippen LogP contribution < -0.4 is 5.73 Å². The molecule has 2 rings (SSSR count). The Kier molecular flexibility index (Phi) is 2.98. The van der Waals surface area contributed by atoms with Gasteiger partial charge in [-0.1, -0.05) is 15.9 Å². The predicted octanol–water partition coefficient (Wildman–Crippen LogP) is 2.20. The molecule has 2 aromatic rings. The van der Waals surface area contributed by atoms with Gasteiger partial charge < -0.3 is 5.73 Å². The molecule has 0 saturated carbocycles. The molecule has 0 fully saturated rings. The highest BCUT2D eigenvalue weighted by Crippen LogP contribution is 2.20. The smallest absolute Gasteiger partial charge is 0.130 e. The average molecular weight is 266 g/mol. The molecule has 0 atom stereocenters. The third kappa shape index (κ3) is 2.16. The topological polar surface area (TPSA) is 51.8 Å². The summed E-state index contributed by atoms with van der Waals surface area (Å²) in [5.74, 6) is 0.820. The molecule has 0 aliphatic rings. The highest BCUT2D eigenvalue weighted by Gasteiger charge is 2.04. The van der Waals surface area contributed by atoms with Gasteiger partial charge in [0.05, 0.1) is 5.52 Å². The lowest BCUT2D eigenvalue weighted by Gasteiger charge is -2.04. The standard InChI is InChI=1S/C11H12BrN3/c1-7-9-3-2-8(12)6-10(9)15-11(14-7)4-5-13/h2-3,6H,4-5,13H2,1H3. The first kappa shape index (κ1) is 10.5. The van der Waals surface area contributed by atoms with E-state index in [-0.39, 0.29) is 0 Å². The van der Waals surface area contributed by atoms with Crippen molar-refractivity contribution in [2.75, 3.05) is 6.54 Å². The Labute approximate surface area is 96.9 Å². The molecular weight excluding hydrogens is 254 g/mol. The van der Waals surface area contributed by atoms with Gasteiger partial charge in [0.2, 0.25) is 0 Å². The average Bonchev–Trinajstić information content (AvgIpc) is 2.17. The summed E-state index contributed by atoms with van der Waals surface area (Å²) in [6.07, 6.45) is 0.725. The summed E-state index contributed by atoms with van der Waals surface area (Å²) < 4.78 is 1.03. The van der Waals surface area contributed by atoms with Crippen LogP contribution in [0, 0.1) is 6.92 Å². The molecule has 0 unspecified atom stereocenters. The van der Waals surface area contributed by atoms with Crippen LogP contribution in [0.3, 0.4) is 0 Å². The number of aromatic nitrogens is 2. The second kappa shape index (κ2) is 4.24. The van der Waals surface area contributed by atoms with Gasteiger partial charge in [0.1, 0.15) is 5.82 Å². The van der Waals surface area contributed by atoms with E-state index in [0.717, 1.165) is 33.3 Å². The summed E-state index contributed by atoms with van der Waals surface area (Å²) in [5, 5.41) is 1.10. The Morgan fingerprint density at radius 1 is 1.33 bits per heavy atom. The van der Waals surface area contributed by atoms with Gasteiger partial charge in [-0.25, -0.2) is 9.97 Å². The Hall–Kier alpha value is -1.000. The molecule has 15 heavy (non-hydrogen) atoms. The molecule has 2 N–H and O–H groups in total. The van der Waals surface area contributed by atoms with Gasteiger partial charge in [-0.15, -0.1) is 0 Å². The van der Waals surface area contributed by atoms with Crippen LogP contribution in [0.1, 0.15) is 11.5 Å². The molecule has 0 aliphatic carbocycles. The zero-order valence-corrected chi connectivity index (χ0v) is 10.1. The third-order valence-corrected chi connectivity index (χ3v) is 2.76. The van der Waals surface area contributed by atoms with Crippen molar-refractivity contribution in [1.82, 2.24) is 9.97 Å². The van der Waals surface area contributed by atoms with Crippen LogP contribution in [-0.2, 0) is 6.42 Å². The van der Waals surface area contributed by atoms with E-state index in [4.69, 9.17) is 5.73 Å². The van der Waals surface area contributed by atoms with E-state index in [0.29, 0.717) is 6.54 Å². The van der Waals surface area contributed by atoms with Crippen molar-refractivity contribution in [3.8, 4) is 0 Å². The van der Waals surface area contributed by atoms with Gasteiger partial charge in [-0.3, -0.25) is 0 Å². The highest BCUT2D eigenvalue weighted by molar-refractivity contribution is 9.10. The molecule has 0 amide bonds. The van der Waals surface area contributed by atoms with E-state index in [9.17, 15) is 0 Å². The van der Waals surface area contributed by atoms with Crippen molar-refractivity contribution < 1.29 is 0 Å². The quantitative estimate of drug-likeness (QED) is 0.906. The molecule has 0 saturated heterocycles. The van der Waals surface area contributed by atoms with Gasteiger partial charge in [0, 0.05) is 22.0 Å². The largest absolute Gasteiger partial charge is 0.330 e. The van der Waals surface area contributed by atoms with E-state index in [1.807, 2.05) is 25.1 Å². The first-order valence-electron chi connectivity index (χ1n) is 4.83. The molecule has 0 spiro atoms. The number of hydrogen-bond acceptors (Lipinski definition) is 3. The Morgan fingerprint density at radius 3 is 2.87 bits per heavy atom. The molecule has 3 nitrogen and oxygen atoms in total. The fourth-order valence-electron chi connectivity index (χ4n) is 1.56. The minimum atomic E-state index is 0.582. The summed E-state index contributed by atoms with van der Waals surface area (Å²) in [6, 6.07) is 6.03. The van der Waals surface area contributed by atoms with Crippen LogP contribution in [0.5, 0.6) is 0 Å². The maximum Gasteiger partial charge on any atom is 0.130 e. The Bertz CT molecular complexity index is 496. The van der Waals surface area contributed by atoms with Crippen LogP contribution >= 0.6 is 15.9 Å². The molecule has 4 heteroatoms. The minimum absolute atomic E-state index is 0.582. The molecule has 1 heterocycles. The van der Waals surface area contributed by atoms with Crippen molar-refractivity contribution >= 4 is 26.8 Å². The summed E-state index contributed by atoms with van der Waals surface area (Å²) >= 11 is 3.44. The Balaban J connectivity index is 2.63. The number of aryl methyl sites for hydroxylation is 1. The summed E-state index contributed by atoms with van der Waals surface area (Å²) in [6.45, 7) is 2.58. The summed E-state index contributed by atoms with van der Waals surface area (Å²) in [5.41, 5.74) is 7.48. The Morgan fingerprint density at radius 2 is 2.13 bits per heavy atom. The van der Waals surface area contributed by atoms with Crippen molar-refractivity contribution in [1.29, 1.82) is 0 Å². The van der Waals surface area contributed by atoms with Crippen LogP contribution in [0.25, 0.3) is 10.9 Å². The lowest BCUT2D eigenvalue weighted by Crippen LogP contribution is -2.07. The number of halogens is 1. The van der Waals surface area contributed by atoms with Crippen LogP contribution in [0.4, 0.5) is 0 Å². The van der Waals surface area contributed by atoms with Crippen LogP contribution in [-0.4, -0.2) is 16.5 Å². The lowest BCUT2D eigenvalue weighted by molar-refractivity contribution is 0.869. The zero-order valence-electron chi connectivity index (χ0n) is 8.50. The van der Waals surface area contributed by atoms with Gasteiger partial charge >= 0.3 is 0 Å². The summed E-state index contributed by atoms with van der Waals surface area (Å²) in [7, 11) is 0. The van der Waals surface area contributed by atoms with Crippen LogP contribution in [0.2, 0.25) is 0 Å². The number of rotatable bonds is 2. The monoisotopic (exact) mass is 265 g/mol. The second-order valence-corrected chi connectivity index (χ2v) is 4.34. The fraction of sp³-hybridized carbons (Fsp3) is 0.273. The number of nitrogens with two attached hydrogens (primary N) is 1. The second-order valence-electron chi connectivity index (χ2n) is 3.43. The predicted molar refractivity (Wildman–Crippen MR) is 64.7 cm³/mol. The summed E-state index contributed by atoms with van der Waals surface area (Å²) in [4.78, 5) is 8.88. The van der Waals surface area contributed by atoms with E-state index in [2.05, 4.69) is 25.9 Å². The fourth-order valence-corrected chi connectivity index (χ4v) is 1.91. The van der Waals surface area contributed by atoms with Gasteiger partial charge in [-0.05, 0) is 31.7 Å². The van der Waals surface area contributed by atoms with Gasteiger partial charge in [-0.2, -0.15) is 0 Å². The van der Waals surface area contributed by atoms with Crippen molar-refractivity contribution in [3.05, 3.63) is 34.2 Å². The maximum atomic E-state index is 5.50. The van der Waals surface area contributed by atoms with E-state index >= 15 is 0 Å².